The maximum Gasteiger partial charge on any atom is 0.131 e. The zero-order chi connectivity index (χ0) is 13.7. The van der Waals surface area contributed by atoms with Crippen molar-refractivity contribution in [3.63, 3.8) is 0 Å². The van der Waals surface area contributed by atoms with Crippen molar-refractivity contribution in [2.75, 3.05) is 5.32 Å². The lowest BCUT2D eigenvalue weighted by molar-refractivity contribution is 0.677. The van der Waals surface area contributed by atoms with Crippen molar-refractivity contribution in [3.8, 4) is 0 Å². The molecule has 0 spiro atoms. The van der Waals surface area contributed by atoms with Crippen LogP contribution in [0.5, 0.6) is 0 Å². The van der Waals surface area contributed by atoms with Gasteiger partial charge in [-0.25, -0.2) is 4.98 Å². The summed E-state index contributed by atoms with van der Waals surface area (Å²) in [6.45, 7) is 2.17. The predicted octanol–water partition coefficient (Wildman–Crippen LogP) is 5.34. The molecule has 1 atom stereocenters. The highest BCUT2D eigenvalue weighted by Gasteiger charge is 2.10. The van der Waals surface area contributed by atoms with Crippen LogP contribution in [0.4, 0.5) is 5.69 Å². The van der Waals surface area contributed by atoms with E-state index in [0.29, 0.717) is 5.15 Å². The van der Waals surface area contributed by atoms with Crippen molar-refractivity contribution in [2.45, 2.75) is 25.8 Å². The van der Waals surface area contributed by atoms with Crippen molar-refractivity contribution >= 4 is 28.9 Å². The number of aromatic nitrogens is 1. The number of rotatable bonds is 5. The van der Waals surface area contributed by atoms with E-state index in [9.17, 15) is 0 Å². The Labute approximate surface area is 123 Å². The van der Waals surface area contributed by atoms with Gasteiger partial charge in [0, 0.05) is 16.9 Å². The van der Waals surface area contributed by atoms with Crippen molar-refractivity contribution in [3.05, 3.63) is 58.3 Å². The van der Waals surface area contributed by atoms with Crippen LogP contribution in [-0.4, -0.2) is 4.98 Å². The first-order chi connectivity index (χ1) is 9.19. The number of halogens is 2. The maximum atomic E-state index is 5.93. The van der Waals surface area contributed by atoms with E-state index in [1.54, 1.807) is 6.20 Å². The first-order valence-corrected chi connectivity index (χ1v) is 7.08. The molecule has 0 radical (unpaired) electrons. The lowest BCUT2D eigenvalue weighted by Gasteiger charge is -2.20. The van der Waals surface area contributed by atoms with Crippen molar-refractivity contribution in [1.29, 1.82) is 0 Å². The molecular weight excluding hydrogens is 279 g/mol. The van der Waals surface area contributed by atoms with Crippen molar-refractivity contribution in [2.24, 2.45) is 0 Å². The standard InChI is InChI=1S/C15H16Cl2N2/c1-2-3-14(11-4-6-12(16)7-5-11)19-13-8-9-18-15(17)10-13/h4-10,14H,2-3H2,1H3,(H,18,19). The number of anilines is 1. The van der Waals surface area contributed by atoms with Gasteiger partial charge in [0.2, 0.25) is 0 Å². The Hall–Kier alpha value is -1.25. The van der Waals surface area contributed by atoms with E-state index in [-0.39, 0.29) is 6.04 Å². The van der Waals surface area contributed by atoms with Gasteiger partial charge in [-0.15, -0.1) is 0 Å². The number of hydrogen-bond acceptors (Lipinski definition) is 2. The van der Waals surface area contributed by atoms with Crippen LogP contribution in [0.15, 0.2) is 42.6 Å². The zero-order valence-corrected chi connectivity index (χ0v) is 12.2. The highest BCUT2D eigenvalue weighted by atomic mass is 35.5. The zero-order valence-electron chi connectivity index (χ0n) is 10.7. The molecule has 0 saturated heterocycles. The lowest BCUT2D eigenvalue weighted by atomic mass is 10.0. The minimum atomic E-state index is 0.251. The summed E-state index contributed by atoms with van der Waals surface area (Å²) in [7, 11) is 0. The molecule has 2 rings (SSSR count). The van der Waals surface area contributed by atoms with Gasteiger partial charge < -0.3 is 5.32 Å². The summed E-state index contributed by atoms with van der Waals surface area (Å²) in [6, 6.07) is 11.9. The molecule has 0 fully saturated rings. The molecule has 2 nitrogen and oxygen atoms in total. The van der Waals surface area contributed by atoms with E-state index in [1.807, 2.05) is 24.3 Å². The van der Waals surface area contributed by atoms with Crippen molar-refractivity contribution in [1.82, 2.24) is 4.98 Å². The second kappa shape index (κ2) is 6.78. The Kier molecular flexibility index (Phi) is 5.06. The highest BCUT2D eigenvalue weighted by molar-refractivity contribution is 6.30. The Balaban J connectivity index is 2.18. The topological polar surface area (TPSA) is 24.9 Å². The third-order valence-corrected chi connectivity index (χ3v) is 3.38. The highest BCUT2D eigenvalue weighted by Crippen LogP contribution is 2.25. The Morgan fingerprint density at radius 3 is 2.53 bits per heavy atom. The monoisotopic (exact) mass is 294 g/mol. The van der Waals surface area contributed by atoms with Gasteiger partial charge in [0.15, 0.2) is 0 Å². The minimum absolute atomic E-state index is 0.251. The van der Waals surface area contributed by atoms with Crippen LogP contribution in [0.25, 0.3) is 0 Å². The summed E-state index contributed by atoms with van der Waals surface area (Å²) in [6.07, 6.45) is 3.84. The average Bonchev–Trinajstić information content (AvgIpc) is 2.39. The fourth-order valence-electron chi connectivity index (χ4n) is 2.00. The summed E-state index contributed by atoms with van der Waals surface area (Å²) >= 11 is 11.8. The molecule has 4 heteroatoms. The Bertz CT molecular complexity index is 526. The molecule has 1 unspecified atom stereocenters. The first kappa shape index (κ1) is 14.2. The second-order valence-corrected chi connectivity index (χ2v) is 5.23. The lowest BCUT2D eigenvalue weighted by Crippen LogP contribution is -2.10. The van der Waals surface area contributed by atoms with Crippen LogP contribution in [0.3, 0.4) is 0 Å². The SMILES string of the molecule is CCCC(Nc1ccnc(Cl)c1)c1ccc(Cl)cc1. The van der Waals surface area contributed by atoms with Crippen LogP contribution in [0.1, 0.15) is 31.4 Å². The molecule has 0 bridgehead atoms. The second-order valence-electron chi connectivity index (χ2n) is 4.40. The van der Waals surface area contributed by atoms with E-state index >= 15 is 0 Å². The third kappa shape index (κ3) is 4.12. The summed E-state index contributed by atoms with van der Waals surface area (Å²) in [5, 5.41) is 4.74. The molecule has 0 aliphatic carbocycles. The largest absolute Gasteiger partial charge is 0.378 e. The Morgan fingerprint density at radius 2 is 1.89 bits per heavy atom. The molecule has 0 saturated carbocycles. The minimum Gasteiger partial charge on any atom is -0.378 e. The molecule has 100 valence electrons. The Morgan fingerprint density at radius 1 is 1.16 bits per heavy atom. The molecule has 1 heterocycles. The molecule has 0 amide bonds. The molecular formula is C15H16Cl2N2. The molecule has 2 aromatic rings. The van der Waals surface area contributed by atoms with Crippen molar-refractivity contribution < 1.29 is 0 Å². The maximum absolute atomic E-state index is 5.93. The quantitative estimate of drug-likeness (QED) is 0.753. The van der Waals surface area contributed by atoms with Gasteiger partial charge in [-0.2, -0.15) is 0 Å². The van der Waals surface area contributed by atoms with Gasteiger partial charge in [0.05, 0.1) is 6.04 Å². The van der Waals surface area contributed by atoms with Crippen LogP contribution in [0.2, 0.25) is 10.2 Å². The normalized spacial score (nSPS) is 12.2. The van der Waals surface area contributed by atoms with Crippen LogP contribution in [-0.2, 0) is 0 Å². The predicted molar refractivity (Wildman–Crippen MR) is 82.0 cm³/mol. The smallest absolute Gasteiger partial charge is 0.131 e. The van der Waals surface area contributed by atoms with Gasteiger partial charge in [-0.3, -0.25) is 0 Å². The molecule has 1 N–H and O–H groups in total. The number of hydrogen-bond donors (Lipinski definition) is 1. The number of nitrogens with one attached hydrogen (secondary N) is 1. The van der Waals surface area contributed by atoms with Gasteiger partial charge in [-0.1, -0.05) is 48.7 Å². The number of pyridine rings is 1. The van der Waals surface area contributed by atoms with Crippen LogP contribution in [0, 0.1) is 0 Å². The first-order valence-electron chi connectivity index (χ1n) is 6.32. The average molecular weight is 295 g/mol. The van der Waals surface area contributed by atoms with E-state index in [1.165, 1.54) is 5.56 Å². The molecule has 1 aromatic heterocycles. The summed E-state index contributed by atoms with van der Waals surface area (Å²) in [5.74, 6) is 0. The fourth-order valence-corrected chi connectivity index (χ4v) is 2.30. The molecule has 1 aromatic carbocycles. The van der Waals surface area contributed by atoms with Gasteiger partial charge in [0.25, 0.3) is 0 Å². The van der Waals surface area contributed by atoms with Gasteiger partial charge in [0.1, 0.15) is 5.15 Å². The van der Waals surface area contributed by atoms with Crippen LogP contribution >= 0.6 is 23.2 Å². The number of nitrogens with zero attached hydrogens (tertiary/aromatic N) is 1. The van der Waals surface area contributed by atoms with E-state index < -0.39 is 0 Å². The number of benzene rings is 1. The van der Waals surface area contributed by atoms with Crippen LogP contribution < -0.4 is 5.32 Å². The third-order valence-electron chi connectivity index (χ3n) is 2.92. The van der Waals surface area contributed by atoms with Gasteiger partial charge >= 0.3 is 0 Å². The molecule has 0 aliphatic heterocycles. The van der Waals surface area contributed by atoms with E-state index in [0.717, 1.165) is 23.6 Å². The molecule has 0 aliphatic rings. The van der Waals surface area contributed by atoms with E-state index in [4.69, 9.17) is 23.2 Å². The molecule has 19 heavy (non-hydrogen) atoms. The van der Waals surface area contributed by atoms with E-state index in [2.05, 4.69) is 29.4 Å². The summed E-state index contributed by atoms with van der Waals surface area (Å²) in [4.78, 5) is 3.99. The summed E-state index contributed by atoms with van der Waals surface area (Å²) < 4.78 is 0. The summed E-state index contributed by atoms with van der Waals surface area (Å²) in [5.41, 5.74) is 2.20. The van der Waals surface area contributed by atoms with Gasteiger partial charge in [-0.05, 0) is 36.2 Å². The fraction of sp³-hybridized carbons (Fsp3) is 0.267.